The standard InChI is InChI=1S/C79H96N8O12.C37H44N4O6/c1-9-77(10-2,53-96-69(90)33-13-11-23-47-94-71(92)37-35-67(88)86-43-39-84(40-44-86)63-49-65-73(57-27-17-15-25-55(57)63)80-51-78(98-65)75(3,4)59-29-19-21-31-61(59)82(78)7)54-97-70(91)34-14-12-24-48-95-72(93)38-36-68(89)87-45-41-85(42-46-87)64-50-66-74(58-28-18-16-26-56(58)64)81-52-79(99-66)76(5,6)60-30-20-22-32-62(60)83(79)8;1-36(2)28-14-9-10-15-29(28)39(3)37(36)25-38-35-27-13-8-7-12-26(27)30(24-31(35)47-37)40-19-21-41(22-20-40)32(42)17-18-34(44)46-23-11-5-6-16-33(43)45-4/h15-22,25-32,49-52H,9-14,23-24,33-48,53-54H2,1-8H3;7-10,12-15,24-25H,5-6,11,16-23H2,1-4H3. The van der Waals surface area contributed by atoms with Crippen LogP contribution in [0.25, 0.3) is 32.3 Å². The van der Waals surface area contributed by atoms with Crippen LogP contribution >= 0.6 is 0 Å². The number of carbonyl (C=O) groups is 9. The van der Waals surface area contributed by atoms with Gasteiger partial charge < -0.3 is 86.7 Å². The first kappa shape index (κ1) is 104. The number of para-hydroxylation sites is 3. The van der Waals surface area contributed by atoms with Gasteiger partial charge in [0.05, 0.1) is 81.1 Å². The van der Waals surface area contributed by atoms with Gasteiger partial charge in [0.15, 0.2) is 17.2 Å². The highest BCUT2D eigenvalue weighted by molar-refractivity contribution is 6.10. The maximum absolute atomic E-state index is 13.4. The molecule has 9 aromatic rings. The minimum Gasteiger partial charge on any atom is -0.469 e. The van der Waals surface area contributed by atoms with Crippen molar-refractivity contribution in [3.63, 3.8) is 0 Å². The molecule has 9 aromatic carbocycles. The number of carbonyl (C=O) groups excluding carboxylic acids is 9. The third-order valence-corrected chi connectivity index (χ3v) is 32.0. The molecule has 0 bridgehead atoms. The number of aliphatic imine (C=N–C) groups is 3. The fraction of sp³-hybridized carbons (Fsp3) is 0.483. The summed E-state index contributed by atoms with van der Waals surface area (Å²) in [6.45, 7) is 25.1. The summed E-state index contributed by atoms with van der Waals surface area (Å²) in [6.07, 6.45) is 14.0. The molecule has 0 radical (unpaired) electrons. The van der Waals surface area contributed by atoms with Crippen molar-refractivity contribution in [2.75, 3.05) is 169 Å². The summed E-state index contributed by atoms with van der Waals surface area (Å²) in [5.41, 5.74) is 8.51. The molecule has 9 aliphatic rings. The van der Waals surface area contributed by atoms with Crippen molar-refractivity contribution in [3.8, 4) is 17.2 Å². The van der Waals surface area contributed by atoms with E-state index in [1.807, 2.05) is 95.7 Å². The van der Waals surface area contributed by atoms with Crippen molar-refractivity contribution in [1.29, 1.82) is 0 Å². The zero-order chi connectivity index (χ0) is 103. The summed E-state index contributed by atoms with van der Waals surface area (Å²) >= 11 is 0. The van der Waals surface area contributed by atoms with Gasteiger partial charge in [-0.2, -0.15) is 0 Å². The van der Waals surface area contributed by atoms with Crippen LogP contribution in [0.5, 0.6) is 17.2 Å². The van der Waals surface area contributed by atoms with E-state index >= 15 is 0 Å². The zero-order valence-corrected chi connectivity index (χ0v) is 86.7. The van der Waals surface area contributed by atoms with Crippen LogP contribution in [-0.2, 0) is 87.8 Å². The van der Waals surface area contributed by atoms with Crippen LogP contribution in [0, 0.1) is 5.41 Å². The van der Waals surface area contributed by atoms with Gasteiger partial charge >= 0.3 is 35.8 Å². The second-order valence-corrected chi connectivity index (χ2v) is 41.4. The third-order valence-electron chi connectivity index (χ3n) is 32.0. The van der Waals surface area contributed by atoms with Gasteiger partial charge in [-0.1, -0.05) is 141 Å². The number of fused-ring (bicyclic) bond motifs is 12. The molecule has 0 N–H and O–H groups in total. The van der Waals surface area contributed by atoms with Gasteiger partial charge in [0.25, 0.3) is 0 Å². The first-order chi connectivity index (χ1) is 70.4. The average Bonchev–Trinajstić information content (AvgIpc) is 1.54. The molecule has 3 spiro atoms. The Labute approximate surface area is 856 Å². The molecule has 18 rings (SSSR count). The van der Waals surface area contributed by atoms with E-state index in [-0.39, 0.29) is 136 Å². The molecule has 9 aliphatic heterocycles. The molecular formula is C116H140N12O18. The van der Waals surface area contributed by atoms with Gasteiger partial charge in [-0.15, -0.1) is 0 Å². The first-order valence-corrected chi connectivity index (χ1v) is 52.2. The van der Waals surface area contributed by atoms with Gasteiger partial charge in [-0.05, 0) is 147 Å². The molecule has 3 amide bonds. The Morgan fingerprint density at radius 1 is 0.308 bits per heavy atom. The van der Waals surface area contributed by atoms with Crippen molar-refractivity contribution < 1.29 is 85.8 Å². The number of amides is 3. The van der Waals surface area contributed by atoms with Crippen LogP contribution in [0.15, 0.2) is 179 Å². The average molecular weight is 1990 g/mol. The van der Waals surface area contributed by atoms with Crippen molar-refractivity contribution in [2.24, 2.45) is 20.4 Å². The lowest BCUT2D eigenvalue weighted by molar-refractivity contribution is -0.155. The predicted molar refractivity (Wildman–Crippen MR) is 569 cm³/mol. The van der Waals surface area contributed by atoms with Crippen LogP contribution in [0.1, 0.15) is 200 Å². The number of piperazine rings is 3. The summed E-state index contributed by atoms with van der Waals surface area (Å²) in [5.74, 6) is -0.142. The van der Waals surface area contributed by atoms with Crippen molar-refractivity contribution >= 4 is 156 Å². The van der Waals surface area contributed by atoms with Crippen LogP contribution in [0.4, 0.5) is 51.2 Å². The Bertz CT molecular complexity index is 6210. The molecule has 30 nitrogen and oxygen atoms in total. The number of methoxy groups -OCH3 is 1. The van der Waals surface area contributed by atoms with E-state index in [1.54, 1.807) is 0 Å². The van der Waals surface area contributed by atoms with E-state index in [2.05, 4.69) is 212 Å². The molecule has 3 atom stereocenters. The van der Waals surface area contributed by atoms with E-state index in [0.717, 1.165) is 107 Å². The Kier molecular flexibility index (Phi) is 31.4. The molecule has 30 heteroatoms. The quantitative estimate of drug-likeness (QED) is 0.0200. The highest BCUT2D eigenvalue weighted by atomic mass is 16.6. The Balaban J connectivity index is 0.000000258. The monoisotopic (exact) mass is 1990 g/mol. The molecule has 3 fully saturated rings. The molecule has 772 valence electrons. The number of ether oxygens (including phenoxy) is 9. The van der Waals surface area contributed by atoms with Crippen LogP contribution < -0.4 is 43.6 Å². The fourth-order valence-electron chi connectivity index (χ4n) is 22.5. The van der Waals surface area contributed by atoms with Crippen LogP contribution in [-0.4, -0.2) is 244 Å². The lowest BCUT2D eigenvalue weighted by Gasteiger charge is -2.45. The Morgan fingerprint density at radius 2 is 0.568 bits per heavy atom. The minimum absolute atomic E-state index is 0.00579. The van der Waals surface area contributed by atoms with E-state index in [4.69, 9.17) is 52.9 Å². The smallest absolute Gasteiger partial charge is 0.306 e. The molecular weight excluding hydrogens is 1850 g/mol. The van der Waals surface area contributed by atoms with Crippen LogP contribution in [0.2, 0.25) is 0 Å². The van der Waals surface area contributed by atoms with Crippen molar-refractivity contribution in [2.45, 2.75) is 217 Å². The molecule has 0 aliphatic carbocycles. The number of hydrogen-bond donors (Lipinski definition) is 0. The normalized spacial score (nSPS) is 19.4. The largest absolute Gasteiger partial charge is 0.469 e. The number of anilines is 6. The van der Waals surface area contributed by atoms with E-state index in [9.17, 15) is 43.2 Å². The molecule has 3 saturated heterocycles. The van der Waals surface area contributed by atoms with Gasteiger partial charge in [0.1, 0.15) is 30.3 Å². The molecule has 146 heavy (non-hydrogen) atoms. The highest BCUT2D eigenvalue weighted by Crippen LogP contribution is 2.60. The summed E-state index contributed by atoms with van der Waals surface area (Å²) in [7, 11) is 7.56. The fourth-order valence-corrected chi connectivity index (χ4v) is 22.5. The summed E-state index contributed by atoms with van der Waals surface area (Å²) in [6, 6.07) is 56.4. The third kappa shape index (κ3) is 20.7. The SMILES string of the molecule is CCC(CC)(COC(=O)CCCCCOC(=O)CCC(=O)N1CCN(c2cc3c(c4ccccc24)N=CC2(O3)N(C)c3ccccc3C2(C)C)CC1)COC(=O)CCCCCOC(=O)CCC(=O)N1CCN(c2cc3c(c4ccccc24)N=CC2(O3)N(C)c3ccccc3C2(C)C)CC1.COC(=O)CCCCCOC(=O)CCC(=O)N1CCN(c2cc3c(c4ccccc24)N=CC2(O3)N(C)c3ccccc3C2(C)C)CC1. The predicted octanol–water partition coefficient (Wildman–Crippen LogP) is 18.9. The number of rotatable bonds is 36. The van der Waals surface area contributed by atoms with Gasteiger partial charge in [-0.3, -0.25) is 58.1 Å². The Hall–Kier alpha value is -13.8. The van der Waals surface area contributed by atoms with E-state index in [0.29, 0.717) is 156 Å². The van der Waals surface area contributed by atoms with E-state index < -0.39 is 34.5 Å². The maximum Gasteiger partial charge on any atom is 0.306 e. The van der Waals surface area contributed by atoms with Crippen molar-refractivity contribution in [1.82, 2.24) is 14.7 Å². The maximum atomic E-state index is 13.4. The minimum atomic E-state index is -0.817. The highest BCUT2D eigenvalue weighted by Gasteiger charge is 2.62. The van der Waals surface area contributed by atoms with E-state index in [1.165, 1.54) is 23.8 Å². The number of unbranched alkanes of at least 4 members (excludes halogenated alkanes) is 6. The summed E-state index contributed by atoms with van der Waals surface area (Å²) < 4.78 is 53.5. The Morgan fingerprint density at radius 3 is 0.842 bits per heavy atom. The second kappa shape index (κ2) is 44.2. The van der Waals surface area contributed by atoms with Gasteiger partial charge in [0, 0.05) is 228 Å². The molecule has 9 heterocycles. The van der Waals surface area contributed by atoms with Crippen molar-refractivity contribution in [3.05, 3.63) is 180 Å². The number of hydrogen-bond acceptors (Lipinski definition) is 27. The summed E-state index contributed by atoms with van der Waals surface area (Å²) in [5, 5.41) is 6.28. The first-order valence-electron chi connectivity index (χ1n) is 52.2. The number of esters is 6. The zero-order valence-electron chi connectivity index (χ0n) is 86.7. The van der Waals surface area contributed by atoms with Gasteiger partial charge in [-0.25, -0.2) is 0 Å². The number of nitrogens with zero attached hydrogens (tertiary/aromatic N) is 12. The summed E-state index contributed by atoms with van der Waals surface area (Å²) in [4.78, 5) is 149. The number of benzene rings is 9. The lowest BCUT2D eigenvalue weighted by Crippen LogP contribution is -2.61. The molecule has 3 unspecified atom stereocenters. The molecule has 0 aromatic heterocycles. The topological polar surface area (TPSA) is 303 Å². The molecule has 0 saturated carbocycles. The second-order valence-electron chi connectivity index (χ2n) is 41.4. The van der Waals surface area contributed by atoms with Crippen LogP contribution in [0.3, 0.4) is 0 Å². The lowest BCUT2D eigenvalue weighted by atomic mass is 9.77. The van der Waals surface area contributed by atoms with Gasteiger partial charge in [0.2, 0.25) is 34.9 Å². The number of likely N-dealkylation sites (N-methyl/N-ethyl adjacent to an activating group) is 3.